The van der Waals surface area contributed by atoms with Crippen molar-refractivity contribution in [3.63, 3.8) is 0 Å². The number of carbonyl (C=O) groups is 2. The van der Waals surface area contributed by atoms with E-state index in [1.807, 2.05) is 0 Å². The van der Waals surface area contributed by atoms with Crippen LogP contribution in [0.25, 0.3) is 0 Å². The first kappa shape index (κ1) is 22.5. The van der Waals surface area contributed by atoms with E-state index in [0.717, 1.165) is 11.3 Å². The van der Waals surface area contributed by atoms with Gasteiger partial charge >= 0.3 is 5.97 Å². The number of nitrogens with zero attached hydrogens (tertiary/aromatic N) is 2. The second-order valence-electron chi connectivity index (χ2n) is 7.40. The van der Waals surface area contributed by atoms with Gasteiger partial charge in [0.1, 0.15) is 18.1 Å². The molecule has 0 unspecified atom stereocenters. The quantitative estimate of drug-likeness (QED) is 0.644. The van der Waals surface area contributed by atoms with Crippen LogP contribution in [0.4, 0.5) is 5.13 Å². The van der Waals surface area contributed by atoms with Crippen LogP contribution in [0.2, 0.25) is 0 Å². The first-order chi connectivity index (χ1) is 15.3. The molecule has 4 rings (SSSR count). The molecule has 0 spiro atoms. The number of ether oxygens (including phenoxy) is 3. The van der Waals surface area contributed by atoms with Crippen molar-refractivity contribution in [1.29, 1.82) is 0 Å². The largest absolute Gasteiger partial charge is 0.486 e. The molecule has 0 radical (unpaired) electrons. The van der Waals surface area contributed by atoms with Crippen molar-refractivity contribution in [2.24, 2.45) is 5.92 Å². The average Bonchev–Trinajstić information content (AvgIpc) is 3.18. The van der Waals surface area contributed by atoms with Gasteiger partial charge in [-0.15, -0.1) is 0 Å². The lowest BCUT2D eigenvalue weighted by Crippen LogP contribution is -2.41. The Balaban J connectivity index is 1.38. The third-order valence-corrected chi connectivity index (χ3v) is 8.32. The van der Waals surface area contributed by atoms with E-state index in [2.05, 4.69) is 10.3 Å². The zero-order valence-corrected chi connectivity index (χ0v) is 19.3. The molecule has 0 aliphatic carbocycles. The fraction of sp³-hybridized carbons (Fsp3) is 0.450. The smallest absolute Gasteiger partial charge is 0.350 e. The van der Waals surface area contributed by atoms with Gasteiger partial charge in [-0.1, -0.05) is 11.3 Å². The van der Waals surface area contributed by atoms with Crippen LogP contribution in [0, 0.1) is 12.8 Å². The Kier molecular flexibility index (Phi) is 6.35. The number of amides is 1. The number of methoxy groups -OCH3 is 1. The Morgan fingerprint density at radius 1 is 1.19 bits per heavy atom. The molecule has 1 fully saturated rings. The topological polar surface area (TPSA) is 124 Å². The molecule has 1 aromatic heterocycles. The van der Waals surface area contributed by atoms with Crippen molar-refractivity contribution in [2.75, 3.05) is 38.7 Å². The van der Waals surface area contributed by atoms with E-state index in [0.29, 0.717) is 53.3 Å². The van der Waals surface area contributed by atoms with Gasteiger partial charge in [-0.05, 0) is 31.9 Å². The minimum absolute atomic E-state index is 0.137. The number of benzene rings is 1. The number of hydrogen-bond acceptors (Lipinski definition) is 9. The van der Waals surface area contributed by atoms with Crippen molar-refractivity contribution in [3.8, 4) is 11.5 Å². The Labute approximate surface area is 189 Å². The van der Waals surface area contributed by atoms with E-state index in [4.69, 9.17) is 14.2 Å². The minimum Gasteiger partial charge on any atom is -0.486 e. The lowest BCUT2D eigenvalue weighted by molar-refractivity contribution is -0.120. The molecule has 2 aromatic rings. The molecule has 0 atom stereocenters. The van der Waals surface area contributed by atoms with E-state index in [9.17, 15) is 18.0 Å². The molecular formula is C20H23N3O7S2. The Morgan fingerprint density at radius 2 is 1.88 bits per heavy atom. The normalized spacial score (nSPS) is 17.1. The fourth-order valence-corrected chi connectivity index (χ4v) is 6.00. The zero-order chi connectivity index (χ0) is 22.9. The van der Waals surface area contributed by atoms with Crippen molar-refractivity contribution >= 4 is 38.4 Å². The number of aromatic nitrogens is 1. The summed E-state index contributed by atoms with van der Waals surface area (Å²) in [6, 6.07) is 4.58. The maximum absolute atomic E-state index is 13.1. The number of aryl methyl sites for hydroxylation is 1. The Morgan fingerprint density at radius 3 is 2.56 bits per heavy atom. The van der Waals surface area contributed by atoms with E-state index in [1.54, 1.807) is 13.0 Å². The average molecular weight is 482 g/mol. The molecule has 2 aliphatic rings. The van der Waals surface area contributed by atoms with Crippen molar-refractivity contribution < 1.29 is 32.2 Å². The SMILES string of the molecule is COC(=O)c1sc(NC(=O)C2CCN(S(=O)(=O)c3ccc4c(c3)OCCO4)CC2)nc1C. The monoisotopic (exact) mass is 481 g/mol. The lowest BCUT2D eigenvalue weighted by Gasteiger charge is -2.30. The lowest BCUT2D eigenvalue weighted by atomic mass is 9.97. The van der Waals surface area contributed by atoms with Gasteiger partial charge in [0.25, 0.3) is 0 Å². The van der Waals surface area contributed by atoms with Gasteiger partial charge in [-0.2, -0.15) is 4.31 Å². The molecule has 1 saturated heterocycles. The molecule has 1 aromatic carbocycles. The van der Waals surface area contributed by atoms with Gasteiger partial charge in [0.05, 0.1) is 17.7 Å². The molecule has 0 bridgehead atoms. The van der Waals surface area contributed by atoms with Crippen LogP contribution in [0.3, 0.4) is 0 Å². The summed E-state index contributed by atoms with van der Waals surface area (Å²) in [5.74, 6) is -0.160. The maximum Gasteiger partial charge on any atom is 0.350 e. The highest BCUT2D eigenvalue weighted by Gasteiger charge is 2.33. The van der Waals surface area contributed by atoms with Crippen molar-refractivity contribution in [2.45, 2.75) is 24.7 Å². The van der Waals surface area contributed by atoms with Gasteiger partial charge in [0.2, 0.25) is 15.9 Å². The van der Waals surface area contributed by atoms with Crippen LogP contribution in [0.1, 0.15) is 28.2 Å². The highest BCUT2D eigenvalue weighted by atomic mass is 32.2. The van der Waals surface area contributed by atoms with Gasteiger partial charge in [-0.25, -0.2) is 18.2 Å². The maximum atomic E-state index is 13.1. The summed E-state index contributed by atoms with van der Waals surface area (Å²) in [5, 5.41) is 3.05. The Bertz CT molecular complexity index is 1140. The summed E-state index contributed by atoms with van der Waals surface area (Å²) >= 11 is 1.05. The van der Waals surface area contributed by atoms with Crippen LogP contribution < -0.4 is 14.8 Å². The first-order valence-electron chi connectivity index (χ1n) is 10.1. The summed E-state index contributed by atoms with van der Waals surface area (Å²) in [4.78, 5) is 29.0. The van der Waals surface area contributed by atoms with Crippen LogP contribution in [-0.4, -0.2) is 63.0 Å². The summed E-state index contributed by atoms with van der Waals surface area (Å²) in [5.41, 5.74) is 0.484. The minimum atomic E-state index is -3.71. The molecule has 0 saturated carbocycles. The number of anilines is 1. The molecule has 32 heavy (non-hydrogen) atoms. The third kappa shape index (κ3) is 4.43. The van der Waals surface area contributed by atoms with Crippen LogP contribution in [-0.2, 0) is 19.6 Å². The molecular weight excluding hydrogens is 458 g/mol. The standard InChI is InChI=1S/C20H23N3O7S2/c1-12-17(19(25)28-2)31-20(21-12)22-18(24)13-5-7-23(8-6-13)32(26,27)14-3-4-15-16(11-14)30-10-9-29-15/h3-4,11,13H,5-10H2,1-2H3,(H,21,22,24). The van der Waals surface area contributed by atoms with Crippen LogP contribution in [0.15, 0.2) is 23.1 Å². The predicted octanol–water partition coefficient (Wildman–Crippen LogP) is 2.05. The van der Waals surface area contributed by atoms with Gasteiger partial charge in [0.15, 0.2) is 16.6 Å². The number of rotatable bonds is 5. The van der Waals surface area contributed by atoms with Gasteiger partial charge in [0, 0.05) is 25.1 Å². The summed E-state index contributed by atoms with van der Waals surface area (Å²) < 4.78 is 43.1. The number of fused-ring (bicyclic) bond motifs is 1. The van der Waals surface area contributed by atoms with Gasteiger partial charge in [-0.3, -0.25) is 4.79 Å². The third-order valence-electron chi connectivity index (χ3n) is 5.37. The number of sulfonamides is 1. The molecule has 1 N–H and O–H groups in total. The van der Waals surface area contributed by atoms with Gasteiger partial charge < -0.3 is 19.5 Å². The van der Waals surface area contributed by atoms with E-state index in [-0.39, 0.29) is 29.8 Å². The molecule has 172 valence electrons. The number of thiazole rings is 1. The highest BCUT2D eigenvalue weighted by Crippen LogP contribution is 2.34. The molecule has 3 heterocycles. The van der Waals surface area contributed by atoms with Crippen LogP contribution in [0.5, 0.6) is 11.5 Å². The first-order valence-corrected chi connectivity index (χ1v) is 12.3. The summed E-state index contributed by atoms with van der Waals surface area (Å²) in [7, 11) is -2.43. The molecule has 10 nitrogen and oxygen atoms in total. The second-order valence-corrected chi connectivity index (χ2v) is 10.3. The highest BCUT2D eigenvalue weighted by molar-refractivity contribution is 7.89. The van der Waals surface area contributed by atoms with Crippen molar-refractivity contribution in [1.82, 2.24) is 9.29 Å². The molecule has 12 heteroatoms. The Hall–Kier alpha value is -2.70. The zero-order valence-electron chi connectivity index (χ0n) is 17.6. The number of carbonyl (C=O) groups excluding carboxylic acids is 2. The summed E-state index contributed by atoms with van der Waals surface area (Å²) in [6.45, 7) is 2.91. The fourth-order valence-electron chi connectivity index (χ4n) is 3.63. The molecule has 2 aliphatic heterocycles. The second kappa shape index (κ2) is 9.04. The predicted molar refractivity (Wildman–Crippen MR) is 116 cm³/mol. The summed E-state index contributed by atoms with van der Waals surface area (Å²) in [6.07, 6.45) is 0.758. The number of esters is 1. The van der Waals surface area contributed by atoms with Crippen LogP contribution >= 0.6 is 11.3 Å². The number of hydrogen-bond donors (Lipinski definition) is 1. The van der Waals surface area contributed by atoms with E-state index < -0.39 is 16.0 Å². The molecule has 1 amide bonds. The van der Waals surface area contributed by atoms with E-state index >= 15 is 0 Å². The van der Waals surface area contributed by atoms with Crippen molar-refractivity contribution in [3.05, 3.63) is 28.8 Å². The number of nitrogens with one attached hydrogen (secondary N) is 1. The number of piperidine rings is 1. The van der Waals surface area contributed by atoms with E-state index in [1.165, 1.54) is 23.5 Å².